The van der Waals surface area contributed by atoms with Crippen LogP contribution in [0, 0.1) is 23.7 Å². The van der Waals surface area contributed by atoms with E-state index in [1.165, 1.54) is 220 Å². The van der Waals surface area contributed by atoms with E-state index < -0.39 is 0 Å². The molecule has 0 bridgehead atoms. The molecule has 2 fully saturated rings. The van der Waals surface area contributed by atoms with Crippen molar-refractivity contribution in [2.45, 2.75) is 214 Å². The number of hydrogen-bond acceptors (Lipinski definition) is 2. The van der Waals surface area contributed by atoms with Gasteiger partial charge in [0.05, 0.1) is 11.4 Å². The van der Waals surface area contributed by atoms with Crippen LogP contribution in [-0.4, -0.2) is 9.97 Å². The highest BCUT2D eigenvalue weighted by Crippen LogP contribution is 2.36. The maximum Gasteiger partial charge on any atom is 0.0702 e. The van der Waals surface area contributed by atoms with Crippen molar-refractivity contribution in [2.24, 2.45) is 23.7 Å². The largest absolute Gasteiger partial charge is 0.256 e. The Labute approximate surface area is 376 Å². The maximum absolute atomic E-state index is 4.78. The Kier molecular flexibility index (Phi) is 23.3. The molecule has 2 heteroatoms. The second-order valence-electron chi connectivity index (χ2n) is 19.6. The summed E-state index contributed by atoms with van der Waals surface area (Å²) in [6.07, 6.45) is 44.2. The molecule has 0 aliphatic heterocycles. The molecule has 2 aliphatic carbocycles. The fourth-order valence-corrected chi connectivity index (χ4v) is 10.2. The number of rotatable bonds is 25. The summed E-state index contributed by atoms with van der Waals surface area (Å²) in [7, 11) is 0. The summed E-state index contributed by atoms with van der Waals surface area (Å²) < 4.78 is 0. The first-order valence-electron chi connectivity index (χ1n) is 26.1. The fourth-order valence-electron chi connectivity index (χ4n) is 10.2. The van der Waals surface area contributed by atoms with Gasteiger partial charge >= 0.3 is 0 Å². The van der Waals surface area contributed by atoms with Crippen LogP contribution in [0.3, 0.4) is 0 Å². The molecule has 6 rings (SSSR count). The Morgan fingerprint density at radius 3 is 1.03 bits per heavy atom. The molecule has 0 radical (unpaired) electrons. The van der Waals surface area contributed by atoms with E-state index in [1.807, 2.05) is 0 Å². The Bertz CT molecular complexity index is 1660. The molecular weight excluding hydrogens is 737 g/mol. The second-order valence-corrected chi connectivity index (χ2v) is 19.6. The predicted octanol–water partition coefficient (Wildman–Crippen LogP) is 18.0. The molecule has 0 N–H and O–H groups in total. The molecule has 2 aromatic carbocycles. The molecule has 2 nitrogen and oxygen atoms in total. The highest BCUT2D eigenvalue weighted by atomic mass is 14.7. The Morgan fingerprint density at radius 1 is 0.328 bits per heavy atom. The van der Waals surface area contributed by atoms with Crippen LogP contribution in [0.2, 0.25) is 0 Å². The lowest BCUT2D eigenvalue weighted by molar-refractivity contribution is 0.249. The number of hydrogen-bond donors (Lipinski definition) is 0. The first-order chi connectivity index (χ1) is 30.1. The highest BCUT2D eigenvalue weighted by Gasteiger charge is 2.22. The van der Waals surface area contributed by atoms with E-state index in [1.54, 1.807) is 0 Å². The molecule has 2 heterocycles. The normalized spacial score (nSPS) is 19.0. The van der Waals surface area contributed by atoms with Crippen LogP contribution in [0.4, 0.5) is 0 Å². The summed E-state index contributed by atoms with van der Waals surface area (Å²) in [4.78, 5) is 9.54. The maximum atomic E-state index is 4.78. The summed E-state index contributed by atoms with van der Waals surface area (Å²) in [5.41, 5.74) is 10.4. The molecule has 0 amide bonds. The molecule has 0 unspecified atom stereocenters. The molecule has 0 atom stereocenters. The zero-order chi connectivity index (χ0) is 42.7. The Morgan fingerprint density at radius 2 is 0.672 bits per heavy atom. The Balaban J connectivity index is 0.000000231. The van der Waals surface area contributed by atoms with Crippen LogP contribution in [0.15, 0.2) is 85.2 Å². The number of aryl methyl sites for hydroxylation is 4. The SMILES string of the molecule is CCCCCCC1CCC(CCc2ccc(-c3ccc(CCCC)cc3)nc2)CC1.CCCCCCC1CCC(CCc2ccc(-c3ccc(CCCCC)cc3)nc2)CC1. The van der Waals surface area contributed by atoms with Gasteiger partial charge in [-0.25, -0.2) is 0 Å². The zero-order valence-electron chi connectivity index (χ0n) is 39.8. The van der Waals surface area contributed by atoms with Gasteiger partial charge < -0.3 is 0 Å². The molecule has 4 aromatic rings. The lowest BCUT2D eigenvalue weighted by Crippen LogP contribution is -2.15. The molecule has 0 saturated heterocycles. The van der Waals surface area contributed by atoms with Crippen LogP contribution < -0.4 is 0 Å². The van der Waals surface area contributed by atoms with E-state index in [0.717, 1.165) is 35.1 Å². The van der Waals surface area contributed by atoms with Gasteiger partial charge in [0.25, 0.3) is 0 Å². The standard InChI is InChI=1S/C30H45N.C29H43N/c1-3-5-7-9-11-25-12-14-27(15-13-25)16-17-28-20-23-30(31-24-28)29-21-18-26(19-22-29)10-8-6-4-2;1-3-5-7-8-10-25-11-13-26(14-12-25)15-16-27-19-22-29(30-23-27)28-20-17-24(18-21-28)9-6-4-2/h18-25,27H,3-17H2,1-2H3;17-23,25-26H,3-16H2,1-2H3. The lowest BCUT2D eigenvalue weighted by atomic mass is 9.78. The smallest absolute Gasteiger partial charge is 0.0702 e. The van der Waals surface area contributed by atoms with Crippen molar-refractivity contribution in [3.63, 3.8) is 0 Å². The minimum atomic E-state index is 0.937. The summed E-state index contributed by atoms with van der Waals surface area (Å²) in [6, 6.07) is 27.1. The molecular formula is C59H88N2. The Hall–Kier alpha value is -3.26. The molecule has 2 aliphatic rings. The van der Waals surface area contributed by atoms with Crippen LogP contribution in [0.5, 0.6) is 0 Å². The van der Waals surface area contributed by atoms with E-state index in [0.29, 0.717) is 0 Å². The molecule has 334 valence electrons. The van der Waals surface area contributed by atoms with E-state index in [9.17, 15) is 0 Å². The van der Waals surface area contributed by atoms with Crippen molar-refractivity contribution in [3.05, 3.63) is 107 Å². The average molecular weight is 825 g/mol. The van der Waals surface area contributed by atoms with E-state index in [2.05, 4.69) is 113 Å². The summed E-state index contributed by atoms with van der Waals surface area (Å²) in [5.74, 6) is 3.92. The zero-order valence-corrected chi connectivity index (χ0v) is 39.8. The quantitative estimate of drug-likeness (QED) is 0.0622. The molecule has 2 saturated carbocycles. The van der Waals surface area contributed by atoms with E-state index in [-0.39, 0.29) is 0 Å². The summed E-state index contributed by atoms with van der Waals surface area (Å²) in [6.45, 7) is 9.13. The van der Waals surface area contributed by atoms with Gasteiger partial charge in [-0.15, -0.1) is 0 Å². The molecule has 61 heavy (non-hydrogen) atoms. The molecule has 0 spiro atoms. The number of unbranched alkanes of at least 4 members (excludes halogenated alkanes) is 9. The number of nitrogens with zero attached hydrogens (tertiary/aromatic N) is 2. The van der Waals surface area contributed by atoms with Gasteiger partial charge in [0.15, 0.2) is 0 Å². The van der Waals surface area contributed by atoms with Crippen molar-refractivity contribution >= 4 is 0 Å². The van der Waals surface area contributed by atoms with Crippen molar-refractivity contribution < 1.29 is 0 Å². The highest BCUT2D eigenvalue weighted by molar-refractivity contribution is 5.60. The fraction of sp³-hybridized carbons (Fsp3) is 0.627. The van der Waals surface area contributed by atoms with Crippen LogP contribution in [0.25, 0.3) is 22.5 Å². The van der Waals surface area contributed by atoms with Crippen molar-refractivity contribution in [3.8, 4) is 22.5 Å². The topological polar surface area (TPSA) is 25.8 Å². The molecule has 2 aromatic heterocycles. The summed E-state index contributed by atoms with van der Waals surface area (Å²) >= 11 is 0. The van der Waals surface area contributed by atoms with Crippen molar-refractivity contribution in [1.29, 1.82) is 0 Å². The second kappa shape index (κ2) is 29.2. The average Bonchev–Trinajstić information content (AvgIpc) is 3.31. The van der Waals surface area contributed by atoms with Gasteiger partial charge in [-0.3, -0.25) is 9.97 Å². The van der Waals surface area contributed by atoms with Crippen molar-refractivity contribution in [1.82, 2.24) is 9.97 Å². The monoisotopic (exact) mass is 825 g/mol. The van der Waals surface area contributed by atoms with Crippen molar-refractivity contribution in [2.75, 3.05) is 0 Å². The van der Waals surface area contributed by atoms with Gasteiger partial charge in [-0.05, 0) is 109 Å². The first-order valence-corrected chi connectivity index (χ1v) is 26.1. The third-order valence-corrected chi connectivity index (χ3v) is 14.6. The predicted molar refractivity (Wildman–Crippen MR) is 266 cm³/mol. The van der Waals surface area contributed by atoms with Gasteiger partial charge in [-0.2, -0.15) is 0 Å². The van der Waals surface area contributed by atoms with Crippen LogP contribution >= 0.6 is 0 Å². The number of aromatic nitrogens is 2. The van der Waals surface area contributed by atoms with E-state index in [4.69, 9.17) is 9.97 Å². The number of pyridine rings is 2. The summed E-state index contributed by atoms with van der Waals surface area (Å²) in [5, 5.41) is 0. The minimum Gasteiger partial charge on any atom is -0.256 e. The first kappa shape index (κ1) is 48.8. The third-order valence-electron chi connectivity index (χ3n) is 14.6. The van der Waals surface area contributed by atoms with Gasteiger partial charge in [0.1, 0.15) is 0 Å². The van der Waals surface area contributed by atoms with Gasteiger partial charge in [0.2, 0.25) is 0 Å². The van der Waals surface area contributed by atoms with Crippen LogP contribution in [0.1, 0.15) is 210 Å². The van der Waals surface area contributed by atoms with E-state index >= 15 is 0 Å². The third kappa shape index (κ3) is 18.5. The van der Waals surface area contributed by atoms with Crippen LogP contribution in [-0.2, 0) is 25.7 Å². The minimum absolute atomic E-state index is 0.937. The lowest BCUT2D eigenvalue weighted by Gasteiger charge is -2.28. The van der Waals surface area contributed by atoms with Gasteiger partial charge in [0, 0.05) is 23.5 Å². The van der Waals surface area contributed by atoms with Gasteiger partial charge in [-0.1, -0.05) is 223 Å². The number of benzene rings is 2.